The first kappa shape index (κ1) is 12.9. The first-order chi connectivity index (χ1) is 7.65. The third-order valence-corrected chi connectivity index (χ3v) is 2.65. The zero-order valence-corrected chi connectivity index (χ0v) is 10.8. The van der Waals surface area contributed by atoms with Crippen molar-refractivity contribution in [2.45, 2.75) is 26.4 Å². The molecule has 0 unspecified atom stereocenters. The Labute approximate surface area is 101 Å². The molecule has 0 aliphatic carbocycles. The second-order valence-electron chi connectivity index (χ2n) is 3.82. The fourth-order valence-corrected chi connectivity index (χ4v) is 1.71. The van der Waals surface area contributed by atoms with Gasteiger partial charge in [-0.25, -0.2) is 4.79 Å². The summed E-state index contributed by atoms with van der Waals surface area (Å²) in [5.74, 6) is 0. The van der Waals surface area contributed by atoms with E-state index < -0.39 is 0 Å². The number of rotatable bonds is 4. The molecule has 0 fully saturated rings. The molecular formula is C12H18N2OS. The molecule has 0 aromatic heterocycles. The smallest absolute Gasteiger partial charge is 0.317 e. The van der Waals surface area contributed by atoms with Crippen LogP contribution in [-0.4, -0.2) is 23.2 Å². The molecule has 0 aliphatic rings. The van der Waals surface area contributed by atoms with E-state index in [9.17, 15) is 4.79 Å². The molecule has 0 atom stereocenters. The van der Waals surface area contributed by atoms with Gasteiger partial charge in [-0.15, -0.1) is 0 Å². The number of carbonyl (C=O) groups excluding carboxylic acids is 1. The highest BCUT2D eigenvalue weighted by Crippen LogP contribution is 2.09. The number of hydrogen-bond acceptors (Lipinski definition) is 2. The molecule has 0 bridgehead atoms. The van der Waals surface area contributed by atoms with Crippen LogP contribution in [0.4, 0.5) is 4.79 Å². The van der Waals surface area contributed by atoms with Crippen molar-refractivity contribution in [3.63, 3.8) is 0 Å². The molecule has 1 N–H and O–H groups in total. The van der Waals surface area contributed by atoms with Gasteiger partial charge in [-0.2, -0.15) is 0 Å². The Balaban J connectivity index is 2.69. The van der Waals surface area contributed by atoms with Crippen LogP contribution in [0.2, 0.25) is 0 Å². The van der Waals surface area contributed by atoms with Crippen LogP contribution in [0.25, 0.3) is 0 Å². The molecule has 4 heteroatoms. The van der Waals surface area contributed by atoms with E-state index in [1.54, 1.807) is 0 Å². The highest BCUT2D eigenvalue weighted by molar-refractivity contribution is 7.97. The van der Waals surface area contributed by atoms with E-state index in [0.717, 1.165) is 5.56 Å². The second-order valence-corrected chi connectivity index (χ2v) is 4.43. The molecule has 0 saturated carbocycles. The molecule has 3 nitrogen and oxygen atoms in total. The van der Waals surface area contributed by atoms with Crippen molar-refractivity contribution in [2.75, 3.05) is 6.26 Å². The Morgan fingerprint density at radius 3 is 2.50 bits per heavy atom. The van der Waals surface area contributed by atoms with Crippen molar-refractivity contribution in [3.8, 4) is 0 Å². The monoisotopic (exact) mass is 238 g/mol. The summed E-state index contributed by atoms with van der Waals surface area (Å²) in [5, 5.41) is 0. The number of carbonyl (C=O) groups is 1. The molecule has 0 aliphatic heterocycles. The van der Waals surface area contributed by atoms with E-state index in [2.05, 4.69) is 4.72 Å². The van der Waals surface area contributed by atoms with E-state index >= 15 is 0 Å². The fourth-order valence-electron chi connectivity index (χ4n) is 1.41. The van der Waals surface area contributed by atoms with Crippen molar-refractivity contribution < 1.29 is 4.79 Å². The van der Waals surface area contributed by atoms with Crippen LogP contribution in [-0.2, 0) is 6.54 Å². The summed E-state index contributed by atoms with van der Waals surface area (Å²) in [6.07, 6.45) is 1.85. The maximum absolute atomic E-state index is 11.8. The van der Waals surface area contributed by atoms with Crippen LogP contribution in [0.15, 0.2) is 30.3 Å². The largest absolute Gasteiger partial charge is 0.327 e. The molecule has 0 radical (unpaired) electrons. The van der Waals surface area contributed by atoms with Gasteiger partial charge in [-0.05, 0) is 19.4 Å². The lowest BCUT2D eigenvalue weighted by atomic mass is 10.2. The number of hydrogen-bond donors (Lipinski definition) is 1. The third-order valence-electron chi connectivity index (χ3n) is 2.27. The Hall–Kier alpha value is -1.16. The van der Waals surface area contributed by atoms with Gasteiger partial charge in [0.05, 0.1) is 0 Å². The second kappa shape index (κ2) is 6.43. The van der Waals surface area contributed by atoms with Crippen molar-refractivity contribution in [3.05, 3.63) is 35.9 Å². The van der Waals surface area contributed by atoms with E-state index in [1.807, 2.05) is 55.3 Å². The third kappa shape index (κ3) is 3.77. The Morgan fingerprint density at radius 1 is 1.38 bits per heavy atom. The van der Waals surface area contributed by atoms with Crippen LogP contribution >= 0.6 is 11.9 Å². The summed E-state index contributed by atoms with van der Waals surface area (Å²) >= 11 is 1.32. The average Bonchev–Trinajstić information content (AvgIpc) is 2.27. The van der Waals surface area contributed by atoms with Gasteiger partial charge in [0.1, 0.15) is 0 Å². The molecule has 16 heavy (non-hydrogen) atoms. The van der Waals surface area contributed by atoms with E-state index in [-0.39, 0.29) is 12.1 Å². The molecule has 1 aromatic carbocycles. The van der Waals surface area contributed by atoms with Gasteiger partial charge in [0.15, 0.2) is 0 Å². The zero-order chi connectivity index (χ0) is 12.0. The van der Waals surface area contributed by atoms with Crippen molar-refractivity contribution in [2.24, 2.45) is 0 Å². The molecular weight excluding hydrogens is 220 g/mol. The Kier molecular flexibility index (Phi) is 5.19. The van der Waals surface area contributed by atoms with Crippen molar-refractivity contribution in [1.82, 2.24) is 9.62 Å². The van der Waals surface area contributed by atoms with Gasteiger partial charge < -0.3 is 4.90 Å². The van der Waals surface area contributed by atoms with Gasteiger partial charge in [0, 0.05) is 18.8 Å². The van der Waals surface area contributed by atoms with E-state index in [1.165, 1.54) is 11.9 Å². The number of nitrogens with one attached hydrogen (secondary N) is 1. The molecule has 0 saturated heterocycles. The standard InChI is InChI=1S/C12H18N2OS/c1-10(2)14(12(15)13-16-3)9-11-7-5-4-6-8-11/h4-8,10H,9H2,1-3H3,(H,13,15). The van der Waals surface area contributed by atoms with Crippen LogP contribution in [0.1, 0.15) is 19.4 Å². The first-order valence-electron chi connectivity index (χ1n) is 5.28. The van der Waals surface area contributed by atoms with Crippen molar-refractivity contribution in [1.29, 1.82) is 0 Å². The van der Waals surface area contributed by atoms with Gasteiger partial charge in [0.2, 0.25) is 0 Å². The number of benzene rings is 1. The lowest BCUT2D eigenvalue weighted by Gasteiger charge is -2.26. The predicted octanol–water partition coefficient (Wildman–Crippen LogP) is 2.88. The first-order valence-corrected chi connectivity index (χ1v) is 6.51. The van der Waals surface area contributed by atoms with E-state index in [0.29, 0.717) is 6.54 Å². The minimum absolute atomic E-state index is 0.0358. The van der Waals surface area contributed by atoms with Crippen LogP contribution < -0.4 is 4.72 Å². The summed E-state index contributed by atoms with van der Waals surface area (Å²) in [4.78, 5) is 13.6. The molecule has 0 spiro atoms. The van der Waals surface area contributed by atoms with Crippen LogP contribution in [0, 0.1) is 0 Å². The summed E-state index contributed by atoms with van der Waals surface area (Å²) in [6.45, 7) is 4.68. The number of amides is 2. The minimum Gasteiger partial charge on any atom is -0.317 e. The normalized spacial score (nSPS) is 10.2. The summed E-state index contributed by atoms with van der Waals surface area (Å²) in [6, 6.07) is 10.2. The molecule has 88 valence electrons. The fraction of sp³-hybridized carbons (Fsp3) is 0.417. The average molecular weight is 238 g/mol. The highest BCUT2D eigenvalue weighted by Gasteiger charge is 2.16. The SMILES string of the molecule is CSNC(=O)N(Cc1ccccc1)C(C)C. The van der Waals surface area contributed by atoms with Gasteiger partial charge in [0.25, 0.3) is 0 Å². The summed E-state index contributed by atoms with van der Waals surface area (Å²) in [7, 11) is 0. The van der Waals surface area contributed by atoms with Crippen LogP contribution in [0.5, 0.6) is 0 Å². The number of nitrogens with zero attached hydrogens (tertiary/aromatic N) is 1. The quantitative estimate of drug-likeness (QED) is 0.818. The zero-order valence-electron chi connectivity index (χ0n) is 9.93. The van der Waals surface area contributed by atoms with Gasteiger partial charge in [-0.1, -0.05) is 42.3 Å². The lowest BCUT2D eigenvalue weighted by Crippen LogP contribution is -2.40. The summed E-state index contributed by atoms with van der Waals surface area (Å²) in [5.41, 5.74) is 1.15. The lowest BCUT2D eigenvalue weighted by molar-refractivity contribution is 0.186. The van der Waals surface area contributed by atoms with Crippen LogP contribution in [0.3, 0.4) is 0 Å². The highest BCUT2D eigenvalue weighted by atomic mass is 32.2. The number of urea groups is 1. The maximum Gasteiger partial charge on any atom is 0.327 e. The minimum atomic E-state index is -0.0358. The molecule has 1 aromatic rings. The molecule has 1 rings (SSSR count). The predicted molar refractivity (Wildman–Crippen MR) is 69.2 cm³/mol. The van der Waals surface area contributed by atoms with E-state index in [4.69, 9.17) is 0 Å². The Morgan fingerprint density at radius 2 is 2.00 bits per heavy atom. The summed E-state index contributed by atoms with van der Waals surface area (Å²) < 4.78 is 2.75. The molecule has 2 amide bonds. The maximum atomic E-state index is 11.8. The van der Waals surface area contributed by atoms with Crippen molar-refractivity contribution >= 4 is 18.0 Å². The molecule has 0 heterocycles. The van der Waals surface area contributed by atoms with Gasteiger partial charge >= 0.3 is 6.03 Å². The topological polar surface area (TPSA) is 32.3 Å². The van der Waals surface area contributed by atoms with Gasteiger partial charge in [-0.3, -0.25) is 4.72 Å². The Bertz CT molecular complexity index is 327.